The summed E-state index contributed by atoms with van der Waals surface area (Å²) in [5, 5.41) is 0. The first kappa shape index (κ1) is 76.1. The lowest BCUT2D eigenvalue weighted by Crippen LogP contribution is -2.37. The van der Waals surface area contributed by atoms with Crippen molar-refractivity contribution in [2.24, 2.45) is 0 Å². The third-order valence-electron chi connectivity index (χ3n) is 13.2. The molecule has 0 bridgehead atoms. The molecule has 0 saturated heterocycles. The highest BCUT2D eigenvalue weighted by Crippen LogP contribution is 2.43. The average molecular weight is 1130 g/mol. The maximum Gasteiger partial charge on any atom is 0.472 e. The van der Waals surface area contributed by atoms with Gasteiger partial charge in [-0.25, -0.2) is 4.57 Å². The van der Waals surface area contributed by atoms with Crippen molar-refractivity contribution in [1.29, 1.82) is 0 Å². The molecule has 0 saturated carbocycles. The largest absolute Gasteiger partial charge is 0.472 e. The monoisotopic (exact) mass is 1130 g/mol. The van der Waals surface area contributed by atoms with Crippen LogP contribution in [0.2, 0.25) is 0 Å². The molecule has 1 N–H and O–H groups in total. The molecule has 2 unspecified atom stereocenters. The van der Waals surface area contributed by atoms with Crippen LogP contribution in [0.1, 0.15) is 245 Å². The summed E-state index contributed by atoms with van der Waals surface area (Å²) in [6.45, 7) is 4.28. The number of hydrogen-bond donors (Lipinski definition) is 1. The standard InChI is InChI=1S/C70H118NO8P/c1-6-8-10-12-14-16-18-20-22-24-26-28-30-32-33-34-35-36-37-39-41-43-45-47-49-51-53-55-57-59-61-63-70(73)79-68(67-78-80(74,75)77-65-64-71(3,4)5)66-76-69(72)62-60-58-56-54-52-50-48-46-44-42-40-38-31-29-27-25-23-21-19-17-15-13-11-9-7-2/h8,10,14,16,19-22,25-28,31-33,35-36,38-39,41,45,47,68H,6-7,9,11-13,15,17-18,23-24,29-30,34,37,40,42-44,46,48-67H2,1-5H3/p+1/b10-8-,16-14-,21-19-,22-20-,27-25-,28-26-,33-32-,36-35-,38-31-,41-39-,47-45-. The zero-order valence-corrected chi connectivity index (χ0v) is 52.7. The van der Waals surface area contributed by atoms with Crippen LogP contribution in [0, 0.1) is 0 Å². The highest BCUT2D eigenvalue weighted by molar-refractivity contribution is 7.47. The van der Waals surface area contributed by atoms with E-state index in [1.807, 2.05) is 21.1 Å². The highest BCUT2D eigenvalue weighted by atomic mass is 31.2. The Kier molecular flexibility index (Phi) is 56.9. The lowest BCUT2D eigenvalue weighted by molar-refractivity contribution is -0.870. The average Bonchev–Trinajstić information content (AvgIpc) is 3.42. The molecule has 80 heavy (non-hydrogen) atoms. The van der Waals surface area contributed by atoms with Crippen LogP contribution in [-0.2, 0) is 32.7 Å². The molecule has 2 atom stereocenters. The van der Waals surface area contributed by atoms with E-state index in [0.29, 0.717) is 17.4 Å². The lowest BCUT2D eigenvalue weighted by Gasteiger charge is -2.24. The molecule has 0 aromatic heterocycles. The molecule has 10 heteroatoms. The van der Waals surface area contributed by atoms with Crippen LogP contribution in [0.3, 0.4) is 0 Å². The van der Waals surface area contributed by atoms with Crippen LogP contribution >= 0.6 is 7.82 Å². The summed E-state index contributed by atoms with van der Waals surface area (Å²) in [5.41, 5.74) is 0. The molecule has 0 aliphatic rings. The first-order valence-electron chi connectivity index (χ1n) is 31.9. The number of likely N-dealkylation sites (N-methyl/N-ethyl adjacent to an activating group) is 1. The molecule has 0 aliphatic carbocycles. The summed E-state index contributed by atoms with van der Waals surface area (Å²) in [7, 11) is 1.45. The van der Waals surface area contributed by atoms with Crippen LogP contribution in [-0.4, -0.2) is 74.9 Å². The third-order valence-corrected chi connectivity index (χ3v) is 14.1. The van der Waals surface area contributed by atoms with Crippen molar-refractivity contribution in [3.63, 3.8) is 0 Å². The van der Waals surface area contributed by atoms with Gasteiger partial charge in [0.1, 0.15) is 19.8 Å². The number of nitrogens with zero attached hydrogens (tertiary/aromatic N) is 1. The minimum atomic E-state index is -4.40. The third kappa shape index (κ3) is 63.3. The van der Waals surface area contributed by atoms with Crippen molar-refractivity contribution >= 4 is 19.8 Å². The molecule has 0 radical (unpaired) electrons. The molecule has 0 heterocycles. The van der Waals surface area contributed by atoms with E-state index in [0.717, 1.165) is 128 Å². The number of carbonyl (C=O) groups excluding carboxylic acids is 2. The van der Waals surface area contributed by atoms with Gasteiger partial charge in [0.2, 0.25) is 0 Å². The van der Waals surface area contributed by atoms with Crippen LogP contribution < -0.4 is 0 Å². The van der Waals surface area contributed by atoms with E-state index in [1.54, 1.807) is 0 Å². The Labute approximate surface area is 491 Å². The summed E-state index contributed by atoms with van der Waals surface area (Å²) in [4.78, 5) is 35.8. The number of unbranched alkanes of at least 4 members (excludes halogenated alkanes) is 21. The fourth-order valence-electron chi connectivity index (χ4n) is 8.27. The first-order valence-corrected chi connectivity index (χ1v) is 33.4. The molecule has 0 aromatic rings. The van der Waals surface area contributed by atoms with Gasteiger partial charge in [-0.1, -0.05) is 250 Å². The van der Waals surface area contributed by atoms with E-state index in [9.17, 15) is 19.0 Å². The van der Waals surface area contributed by atoms with Crippen LogP contribution in [0.15, 0.2) is 134 Å². The Balaban J connectivity index is 4.22. The number of phosphoric acid groups is 1. The van der Waals surface area contributed by atoms with E-state index >= 15 is 0 Å². The number of ether oxygens (including phenoxy) is 2. The molecular weight excluding hydrogens is 1010 g/mol. The van der Waals surface area contributed by atoms with Gasteiger partial charge in [0.25, 0.3) is 0 Å². The molecule has 0 aromatic carbocycles. The highest BCUT2D eigenvalue weighted by Gasteiger charge is 2.27. The van der Waals surface area contributed by atoms with Crippen molar-refractivity contribution in [3.05, 3.63) is 134 Å². The molecule has 0 aliphatic heterocycles. The summed E-state index contributed by atoms with van der Waals surface area (Å²) in [6, 6.07) is 0. The number of allylic oxidation sites excluding steroid dienone is 22. The molecule has 0 spiro atoms. The van der Waals surface area contributed by atoms with Crippen LogP contribution in [0.25, 0.3) is 0 Å². The quantitative estimate of drug-likeness (QED) is 0.0211. The predicted octanol–water partition coefficient (Wildman–Crippen LogP) is 20.5. The molecule has 0 fully saturated rings. The number of esters is 2. The van der Waals surface area contributed by atoms with E-state index in [1.165, 1.54) is 83.5 Å². The lowest BCUT2D eigenvalue weighted by atomic mass is 10.1. The van der Waals surface area contributed by atoms with Gasteiger partial charge in [0, 0.05) is 12.8 Å². The zero-order valence-electron chi connectivity index (χ0n) is 51.8. The van der Waals surface area contributed by atoms with Crippen LogP contribution in [0.5, 0.6) is 0 Å². The molecule has 0 rings (SSSR count). The van der Waals surface area contributed by atoms with Gasteiger partial charge in [-0.05, 0) is 116 Å². The second kappa shape index (κ2) is 59.8. The maximum absolute atomic E-state index is 12.8. The Hall–Kier alpha value is -3.85. The van der Waals surface area contributed by atoms with Gasteiger partial charge in [-0.15, -0.1) is 0 Å². The minimum absolute atomic E-state index is 0.0205. The number of phosphoric ester groups is 1. The molecular formula is C70H119NO8P+. The van der Waals surface area contributed by atoms with Crippen molar-refractivity contribution < 1.29 is 42.1 Å². The fourth-order valence-corrected chi connectivity index (χ4v) is 9.01. The molecule has 9 nitrogen and oxygen atoms in total. The fraction of sp³-hybridized carbons (Fsp3) is 0.657. The van der Waals surface area contributed by atoms with Crippen molar-refractivity contribution in [3.8, 4) is 0 Å². The number of rotatable bonds is 57. The Morgan fingerprint density at radius 1 is 0.400 bits per heavy atom. The Morgan fingerprint density at radius 2 is 0.713 bits per heavy atom. The molecule has 456 valence electrons. The second-order valence-corrected chi connectivity index (χ2v) is 23.5. The minimum Gasteiger partial charge on any atom is -0.462 e. The maximum atomic E-state index is 12.8. The van der Waals surface area contributed by atoms with Crippen molar-refractivity contribution in [2.75, 3.05) is 47.5 Å². The Morgan fingerprint density at radius 3 is 1.06 bits per heavy atom. The van der Waals surface area contributed by atoms with Crippen molar-refractivity contribution in [2.45, 2.75) is 251 Å². The Bertz CT molecular complexity index is 1810. The summed E-state index contributed by atoms with van der Waals surface area (Å²) in [5.74, 6) is -0.825. The summed E-state index contributed by atoms with van der Waals surface area (Å²) >= 11 is 0. The summed E-state index contributed by atoms with van der Waals surface area (Å²) < 4.78 is 34.6. The predicted molar refractivity (Wildman–Crippen MR) is 344 cm³/mol. The summed E-state index contributed by atoms with van der Waals surface area (Å²) in [6.07, 6.45) is 86.6. The van der Waals surface area contributed by atoms with E-state index in [2.05, 4.69) is 148 Å². The van der Waals surface area contributed by atoms with Gasteiger partial charge in [-0.3, -0.25) is 18.6 Å². The second-order valence-electron chi connectivity index (χ2n) is 22.1. The van der Waals surface area contributed by atoms with Gasteiger partial charge < -0.3 is 18.9 Å². The van der Waals surface area contributed by atoms with Gasteiger partial charge in [0.05, 0.1) is 27.7 Å². The van der Waals surface area contributed by atoms with Gasteiger partial charge in [0.15, 0.2) is 6.10 Å². The van der Waals surface area contributed by atoms with Crippen LogP contribution in [0.4, 0.5) is 0 Å². The van der Waals surface area contributed by atoms with E-state index in [4.69, 9.17) is 18.5 Å². The van der Waals surface area contributed by atoms with Crippen molar-refractivity contribution in [1.82, 2.24) is 0 Å². The topological polar surface area (TPSA) is 108 Å². The van der Waals surface area contributed by atoms with E-state index in [-0.39, 0.29) is 32.0 Å². The number of hydrogen-bond acceptors (Lipinski definition) is 7. The normalized spacial score (nSPS) is 14.1. The van der Waals surface area contributed by atoms with Gasteiger partial charge in [-0.2, -0.15) is 0 Å². The van der Waals surface area contributed by atoms with Gasteiger partial charge >= 0.3 is 19.8 Å². The SMILES string of the molecule is CC/C=C\C/C=C\C/C=C\C/C=C\C/C=C\C/C=C\C/C=C\C/C=C\CCCCCCCCC(=O)OC(COC(=O)CCCCCCCCCCCC/C=C\C/C=C\C/C=C\CCCCCCC)COP(=O)(O)OCC[N+](C)(C)C. The molecule has 0 amide bonds. The van der Waals surface area contributed by atoms with E-state index < -0.39 is 26.5 Å². The zero-order chi connectivity index (χ0) is 58.4. The first-order chi connectivity index (χ1) is 39.0. The smallest absolute Gasteiger partial charge is 0.462 e. The number of quaternary nitrogens is 1. The number of carbonyl (C=O) groups is 2.